The van der Waals surface area contributed by atoms with E-state index in [-0.39, 0.29) is 11.8 Å². The molecule has 36 heavy (non-hydrogen) atoms. The van der Waals surface area contributed by atoms with Crippen LogP contribution >= 0.6 is 0 Å². The fraction of sp³-hybridized carbons (Fsp3) is 0.385. The zero-order valence-corrected chi connectivity index (χ0v) is 19.7. The zero-order valence-electron chi connectivity index (χ0n) is 19.7. The molecule has 2 aliphatic rings. The molecule has 2 unspecified atom stereocenters. The minimum Gasteiger partial charge on any atom is -0.482 e. The average Bonchev–Trinajstić information content (AvgIpc) is 2.87. The van der Waals surface area contributed by atoms with Crippen LogP contribution in [0.3, 0.4) is 0 Å². The van der Waals surface area contributed by atoms with E-state index in [4.69, 9.17) is 4.74 Å². The summed E-state index contributed by atoms with van der Waals surface area (Å²) in [4.78, 5) is 13.0. The molecular formula is C26H28F3N5O2. The second-order valence-electron chi connectivity index (χ2n) is 9.15. The fourth-order valence-electron chi connectivity index (χ4n) is 4.94. The molecule has 2 N–H and O–H groups in total. The van der Waals surface area contributed by atoms with Crippen molar-refractivity contribution in [1.82, 2.24) is 14.9 Å². The number of fused-ring (bicyclic) bond motifs is 1. The number of nitrogens with one attached hydrogen (secondary N) is 1. The van der Waals surface area contributed by atoms with E-state index in [1.807, 2.05) is 4.90 Å². The molecule has 7 nitrogen and oxygen atoms in total. The van der Waals surface area contributed by atoms with E-state index in [9.17, 15) is 18.3 Å². The largest absolute Gasteiger partial charge is 0.482 e. The highest BCUT2D eigenvalue weighted by Crippen LogP contribution is 2.31. The topological polar surface area (TPSA) is 73.8 Å². The lowest BCUT2D eigenvalue weighted by Crippen LogP contribution is -2.55. The highest BCUT2D eigenvalue weighted by atomic mass is 19.4. The van der Waals surface area contributed by atoms with Crippen LogP contribution in [0.4, 0.5) is 30.5 Å². The molecular weight excluding hydrogens is 471 g/mol. The Balaban J connectivity index is 1.23. The standard InChI is InChI=1S/C26H28F3N5O2/c27-26(28,29)16-36-23-8-4-3-7-20(23)32-24-13-25(31-17-30-24)34-12-10-21(22(35)15-34)33-11-9-18-5-1-2-6-19(18)14-33/h1-8,13,17,21-22,35H,9-12,14-16H2,(H,30,31,32). The summed E-state index contributed by atoms with van der Waals surface area (Å²) in [6.45, 7) is 1.55. The van der Waals surface area contributed by atoms with Crippen LogP contribution in [-0.2, 0) is 13.0 Å². The monoisotopic (exact) mass is 499 g/mol. The number of rotatable bonds is 6. The van der Waals surface area contributed by atoms with Crippen LogP contribution < -0.4 is 15.0 Å². The molecule has 190 valence electrons. The van der Waals surface area contributed by atoms with Gasteiger partial charge in [0.05, 0.1) is 11.8 Å². The Morgan fingerprint density at radius 1 is 1.03 bits per heavy atom. The maximum atomic E-state index is 12.6. The van der Waals surface area contributed by atoms with Crippen LogP contribution in [0.15, 0.2) is 60.9 Å². The van der Waals surface area contributed by atoms with E-state index < -0.39 is 18.9 Å². The van der Waals surface area contributed by atoms with Crippen molar-refractivity contribution in [1.29, 1.82) is 0 Å². The van der Waals surface area contributed by atoms with E-state index in [1.54, 1.807) is 24.3 Å². The number of halogens is 3. The summed E-state index contributed by atoms with van der Waals surface area (Å²) in [6, 6.07) is 16.7. The van der Waals surface area contributed by atoms with Crippen LogP contribution in [0.2, 0.25) is 0 Å². The third-order valence-electron chi connectivity index (χ3n) is 6.69. The van der Waals surface area contributed by atoms with Crippen molar-refractivity contribution in [3.63, 3.8) is 0 Å². The first-order chi connectivity index (χ1) is 17.4. The number of anilines is 3. The van der Waals surface area contributed by atoms with Crippen LogP contribution in [0.25, 0.3) is 0 Å². The summed E-state index contributed by atoms with van der Waals surface area (Å²) in [5, 5.41) is 14.0. The van der Waals surface area contributed by atoms with Crippen LogP contribution in [0.5, 0.6) is 5.75 Å². The van der Waals surface area contributed by atoms with Gasteiger partial charge in [0, 0.05) is 38.3 Å². The number of benzene rings is 2. The number of aliphatic hydroxyl groups is 1. The maximum Gasteiger partial charge on any atom is 0.422 e. The number of β-amino-alcohol motifs (C(OH)–C–C–N with tert-alkyl or cyclic N) is 1. The molecule has 1 saturated heterocycles. The van der Waals surface area contributed by atoms with Gasteiger partial charge >= 0.3 is 6.18 Å². The van der Waals surface area contributed by atoms with Crippen molar-refractivity contribution in [2.24, 2.45) is 0 Å². The predicted octanol–water partition coefficient (Wildman–Crippen LogP) is 4.16. The fourth-order valence-corrected chi connectivity index (χ4v) is 4.94. The molecule has 0 radical (unpaired) electrons. The summed E-state index contributed by atoms with van der Waals surface area (Å²) in [6.07, 6.45) is -1.79. The van der Waals surface area contributed by atoms with E-state index >= 15 is 0 Å². The molecule has 2 aromatic carbocycles. The van der Waals surface area contributed by atoms with Crippen LogP contribution in [-0.4, -0.2) is 64.5 Å². The Bertz CT molecular complexity index is 1190. The van der Waals surface area contributed by atoms with Gasteiger partial charge < -0.3 is 20.1 Å². The lowest BCUT2D eigenvalue weighted by Gasteiger charge is -2.43. The summed E-state index contributed by atoms with van der Waals surface area (Å²) < 4.78 is 42.8. The number of hydrogen-bond donors (Lipinski definition) is 2. The average molecular weight is 500 g/mol. The summed E-state index contributed by atoms with van der Waals surface area (Å²) in [7, 11) is 0. The molecule has 0 bridgehead atoms. The third kappa shape index (κ3) is 5.71. The van der Waals surface area contributed by atoms with Gasteiger partial charge in [-0.1, -0.05) is 36.4 Å². The van der Waals surface area contributed by atoms with Crippen molar-refractivity contribution in [2.45, 2.75) is 37.7 Å². The number of ether oxygens (including phenoxy) is 1. The van der Waals surface area contributed by atoms with Crippen LogP contribution in [0.1, 0.15) is 17.5 Å². The number of para-hydroxylation sites is 2. The zero-order chi connectivity index (χ0) is 25.1. The van der Waals surface area contributed by atoms with Crippen LogP contribution in [0, 0.1) is 0 Å². The first-order valence-corrected chi connectivity index (χ1v) is 12.0. The molecule has 2 atom stereocenters. The molecule has 0 aliphatic carbocycles. The lowest BCUT2D eigenvalue weighted by atomic mass is 9.94. The predicted molar refractivity (Wildman–Crippen MR) is 130 cm³/mol. The number of alkyl halides is 3. The molecule has 0 saturated carbocycles. The summed E-state index contributed by atoms with van der Waals surface area (Å²) in [5.41, 5.74) is 3.08. The Morgan fingerprint density at radius 3 is 2.61 bits per heavy atom. The number of hydrogen-bond acceptors (Lipinski definition) is 7. The minimum absolute atomic E-state index is 0.0756. The molecule has 1 aromatic heterocycles. The quantitative estimate of drug-likeness (QED) is 0.528. The van der Waals surface area contributed by atoms with Gasteiger partial charge in [-0.25, -0.2) is 9.97 Å². The van der Waals surface area contributed by atoms with Crippen molar-refractivity contribution < 1.29 is 23.0 Å². The van der Waals surface area contributed by atoms with Crippen molar-refractivity contribution in [2.75, 3.05) is 36.5 Å². The first kappa shape index (κ1) is 24.3. The first-order valence-electron chi connectivity index (χ1n) is 12.0. The second kappa shape index (κ2) is 10.3. The Labute approximate surface area is 207 Å². The lowest BCUT2D eigenvalue weighted by molar-refractivity contribution is -0.153. The maximum absolute atomic E-state index is 12.6. The Hall–Kier alpha value is -3.37. The molecule has 0 amide bonds. The number of nitrogens with zero attached hydrogens (tertiary/aromatic N) is 4. The highest BCUT2D eigenvalue weighted by Gasteiger charge is 2.34. The van der Waals surface area contributed by atoms with E-state index in [0.717, 1.165) is 32.5 Å². The van der Waals surface area contributed by atoms with Crippen molar-refractivity contribution in [3.8, 4) is 5.75 Å². The third-order valence-corrected chi connectivity index (χ3v) is 6.69. The number of piperidine rings is 1. The van der Waals surface area contributed by atoms with E-state index in [1.165, 1.54) is 23.5 Å². The SMILES string of the molecule is OC1CN(c2cc(Nc3ccccc3OCC(F)(F)F)ncn2)CCC1N1CCc2ccccc2C1. The molecule has 3 heterocycles. The van der Waals surface area contributed by atoms with Crippen molar-refractivity contribution in [3.05, 3.63) is 72.1 Å². The van der Waals surface area contributed by atoms with Gasteiger partial charge in [-0.3, -0.25) is 4.90 Å². The van der Waals surface area contributed by atoms with Gasteiger partial charge in [0.1, 0.15) is 23.7 Å². The molecule has 1 fully saturated rings. The highest BCUT2D eigenvalue weighted by molar-refractivity contribution is 5.65. The molecule has 0 spiro atoms. The molecule has 3 aromatic rings. The van der Waals surface area contributed by atoms with Gasteiger partial charge in [-0.2, -0.15) is 13.2 Å². The van der Waals surface area contributed by atoms with Gasteiger partial charge in [0.25, 0.3) is 0 Å². The number of aliphatic hydroxyl groups excluding tert-OH is 1. The molecule has 5 rings (SSSR count). The smallest absolute Gasteiger partial charge is 0.422 e. The molecule has 10 heteroatoms. The van der Waals surface area contributed by atoms with Gasteiger partial charge in [-0.05, 0) is 36.1 Å². The van der Waals surface area contributed by atoms with Gasteiger partial charge in [-0.15, -0.1) is 0 Å². The Morgan fingerprint density at radius 2 is 1.81 bits per heavy atom. The van der Waals surface area contributed by atoms with Gasteiger partial charge in [0.2, 0.25) is 0 Å². The normalized spacial score (nSPS) is 20.6. The number of aromatic nitrogens is 2. The Kier molecular flexibility index (Phi) is 6.97. The van der Waals surface area contributed by atoms with E-state index in [2.05, 4.69) is 44.5 Å². The molecule has 2 aliphatic heterocycles. The summed E-state index contributed by atoms with van der Waals surface area (Å²) in [5.74, 6) is 1.14. The van der Waals surface area contributed by atoms with Gasteiger partial charge in [0.15, 0.2) is 6.61 Å². The van der Waals surface area contributed by atoms with E-state index in [0.29, 0.717) is 23.9 Å². The second-order valence-corrected chi connectivity index (χ2v) is 9.15. The van der Waals surface area contributed by atoms with Crippen molar-refractivity contribution >= 4 is 17.3 Å². The minimum atomic E-state index is -4.43. The summed E-state index contributed by atoms with van der Waals surface area (Å²) >= 11 is 0.